The predicted molar refractivity (Wildman–Crippen MR) is 126 cm³/mol. The van der Waals surface area contributed by atoms with Gasteiger partial charge in [-0.1, -0.05) is 18.2 Å². The fraction of sp³-hybridized carbons (Fsp3) is 0.360. The Bertz CT molecular complexity index is 1340. The normalized spacial score (nSPS) is 16.5. The molecule has 0 spiro atoms. The highest BCUT2D eigenvalue weighted by Crippen LogP contribution is 2.29. The van der Waals surface area contributed by atoms with Crippen LogP contribution in [-0.4, -0.2) is 49.4 Å². The van der Waals surface area contributed by atoms with Crippen molar-refractivity contribution in [1.82, 2.24) is 24.5 Å². The number of primary amides is 1. The molecular formula is C25H28N6O2. The summed E-state index contributed by atoms with van der Waals surface area (Å²) in [5.41, 5.74) is 11.2. The van der Waals surface area contributed by atoms with E-state index in [0.29, 0.717) is 30.0 Å². The Hall–Kier alpha value is -3.68. The summed E-state index contributed by atoms with van der Waals surface area (Å²) in [5, 5.41) is 5.49. The summed E-state index contributed by atoms with van der Waals surface area (Å²) in [6.45, 7) is 5.37. The molecule has 170 valence electrons. The van der Waals surface area contributed by atoms with Crippen LogP contribution in [0.2, 0.25) is 0 Å². The molecule has 5 rings (SSSR count). The van der Waals surface area contributed by atoms with Gasteiger partial charge in [0.25, 0.3) is 5.91 Å². The molecule has 4 aromatic rings. The molecule has 3 aromatic heterocycles. The van der Waals surface area contributed by atoms with Crippen LogP contribution < -0.4 is 5.73 Å². The molecule has 33 heavy (non-hydrogen) atoms. The third-order valence-corrected chi connectivity index (χ3v) is 6.83. The van der Waals surface area contributed by atoms with Crippen LogP contribution in [0.1, 0.15) is 58.2 Å². The fourth-order valence-electron chi connectivity index (χ4n) is 5.01. The smallest absolute Gasteiger partial charge is 0.254 e. The molecule has 1 unspecified atom stereocenters. The number of carbonyl (C=O) groups is 2. The topological polar surface area (TPSA) is 109 Å². The number of nitrogens with zero attached hydrogens (tertiary/aromatic N) is 4. The van der Waals surface area contributed by atoms with E-state index in [1.165, 1.54) is 17.3 Å². The van der Waals surface area contributed by atoms with E-state index in [-0.39, 0.29) is 5.91 Å². The number of amides is 2. The second kappa shape index (κ2) is 8.35. The summed E-state index contributed by atoms with van der Waals surface area (Å²) in [6, 6.07) is 10.5. The second-order valence-corrected chi connectivity index (χ2v) is 8.91. The molecule has 1 aliphatic rings. The number of aromatic amines is 1. The number of H-pyrrole nitrogens is 1. The number of benzene rings is 1. The van der Waals surface area contributed by atoms with Crippen molar-refractivity contribution in [1.29, 1.82) is 0 Å². The van der Waals surface area contributed by atoms with Crippen LogP contribution in [0, 0.1) is 13.8 Å². The van der Waals surface area contributed by atoms with Crippen molar-refractivity contribution in [3.05, 3.63) is 64.7 Å². The van der Waals surface area contributed by atoms with E-state index in [9.17, 15) is 9.59 Å². The van der Waals surface area contributed by atoms with Gasteiger partial charge in [-0.3, -0.25) is 9.59 Å². The molecule has 1 aliphatic heterocycles. The highest BCUT2D eigenvalue weighted by molar-refractivity contribution is 5.98. The van der Waals surface area contributed by atoms with Crippen LogP contribution in [0.3, 0.4) is 0 Å². The highest BCUT2D eigenvalue weighted by Gasteiger charge is 2.26. The van der Waals surface area contributed by atoms with Crippen molar-refractivity contribution in [2.24, 2.45) is 5.73 Å². The van der Waals surface area contributed by atoms with Crippen molar-refractivity contribution in [2.45, 2.75) is 45.4 Å². The molecule has 8 nitrogen and oxygen atoms in total. The van der Waals surface area contributed by atoms with E-state index in [0.717, 1.165) is 48.4 Å². The average molecular weight is 445 g/mol. The van der Waals surface area contributed by atoms with Crippen molar-refractivity contribution < 1.29 is 9.59 Å². The van der Waals surface area contributed by atoms with Crippen LogP contribution in [0.5, 0.6) is 0 Å². The first-order valence-electron chi connectivity index (χ1n) is 11.4. The molecule has 1 atom stereocenters. The van der Waals surface area contributed by atoms with Gasteiger partial charge in [0.1, 0.15) is 5.56 Å². The molecule has 1 fully saturated rings. The molecule has 0 saturated carbocycles. The maximum atomic E-state index is 13.1. The Balaban J connectivity index is 1.29. The van der Waals surface area contributed by atoms with Crippen molar-refractivity contribution >= 4 is 28.4 Å². The fourth-order valence-corrected chi connectivity index (χ4v) is 5.01. The number of aromatic nitrogens is 4. The maximum absolute atomic E-state index is 13.1. The van der Waals surface area contributed by atoms with Crippen LogP contribution in [0.15, 0.2) is 36.5 Å². The Morgan fingerprint density at radius 1 is 1.24 bits per heavy atom. The number of nitrogens with one attached hydrogen (secondary N) is 1. The van der Waals surface area contributed by atoms with Gasteiger partial charge in [-0.05, 0) is 56.2 Å². The molecule has 0 aliphatic carbocycles. The molecule has 1 aromatic carbocycles. The number of rotatable bonds is 5. The first-order chi connectivity index (χ1) is 15.9. The van der Waals surface area contributed by atoms with Gasteiger partial charge in [-0.15, -0.1) is 0 Å². The number of piperidine rings is 1. The number of fused-ring (bicyclic) bond motifs is 2. The average Bonchev–Trinajstić information content (AvgIpc) is 3.43. The summed E-state index contributed by atoms with van der Waals surface area (Å²) in [4.78, 5) is 34.8. The van der Waals surface area contributed by atoms with Gasteiger partial charge >= 0.3 is 0 Å². The summed E-state index contributed by atoms with van der Waals surface area (Å²) in [6.07, 6.45) is 4.53. The number of para-hydroxylation sites is 1. The molecule has 1 saturated heterocycles. The minimum absolute atomic E-state index is 0.160. The van der Waals surface area contributed by atoms with E-state index in [1.807, 2.05) is 30.9 Å². The van der Waals surface area contributed by atoms with E-state index in [1.54, 1.807) is 4.52 Å². The molecule has 8 heteroatoms. The zero-order valence-corrected chi connectivity index (χ0v) is 19.0. The van der Waals surface area contributed by atoms with Gasteiger partial charge in [-0.2, -0.15) is 5.10 Å². The Morgan fingerprint density at radius 3 is 2.85 bits per heavy atom. The molecule has 0 radical (unpaired) electrons. The summed E-state index contributed by atoms with van der Waals surface area (Å²) < 4.78 is 1.64. The Labute approximate surface area is 191 Å². The number of carbonyl (C=O) groups excluding carboxylic acids is 2. The van der Waals surface area contributed by atoms with Gasteiger partial charge in [0, 0.05) is 48.0 Å². The largest absolute Gasteiger partial charge is 0.365 e. The van der Waals surface area contributed by atoms with E-state index in [2.05, 4.69) is 33.3 Å². The lowest BCUT2D eigenvalue weighted by Gasteiger charge is -2.32. The van der Waals surface area contributed by atoms with Crippen molar-refractivity contribution in [3.63, 3.8) is 0 Å². The first kappa shape index (κ1) is 21.2. The van der Waals surface area contributed by atoms with Crippen molar-refractivity contribution in [3.8, 4) is 0 Å². The SMILES string of the molecule is Cc1nc2c(C(N)=O)cnn2c(C)c1CCC(=O)N1CCCC(c2cc3ccccc3[nH]2)C1. The summed E-state index contributed by atoms with van der Waals surface area (Å²) >= 11 is 0. The second-order valence-electron chi connectivity index (χ2n) is 8.91. The summed E-state index contributed by atoms with van der Waals surface area (Å²) in [5.74, 6) is -0.0604. The maximum Gasteiger partial charge on any atom is 0.254 e. The Kier molecular flexibility index (Phi) is 5.36. The van der Waals surface area contributed by atoms with Crippen LogP contribution in [-0.2, 0) is 11.2 Å². The van der Waals surface area contributed by atoms with E-state index < -0.39 is 5.91 Å². The van der Waals surface area contributed by atoms with E-state index >= 15 is 0 Å². The van der Waals surface area contributed by atoms with Crippen molar-refractivity contribution in [2.75, 3.05) is 13.1 Å². The Morgan fingerprint density at radius 2 is 2.06 bits per heavy atom. The molecule has 4 heterocycles. The number of hydrogen-bond acceptors (Lipinski definition) is 4. The number of hydrogen-bond donors (Lipinski definition) is 2. The third-order valence-electron chi connectivity index (χ3n) is 6.83. The lowest BCUT2D eigenvalue weighted by molar-refractivity contribution is -0.132. The van der Waals surface area contributed by atoms with Crippen LogP contribution >= 0.6 is 0 Å². The van der Waals surface area contributed by atoms with Gasteiger partial charge in [0.15, 0.2) is 5.65 Å². The molecule has 3 N–H and O–H groups in total. The van der Waals surface area contributed by atoms with Crippen LogP contribution in [0.4, 0.5) is 0 Å². The zero-order valence-electron chi connectivity index (χ0n) is 19.0. The van der Waals surface area contributed by atoms with Gasteiger partial charge in [0.2, 0.25) is 5.91 Å². The number of nitrogens with two attached hydrogens (primary N) is 1. The number of likely N-dealkylation sites (tertiary alicyclic amines) is 1. The van der Waals surface area contributed by atoms with Gasteiger partial charge in [-0.25, -0.2) is 9.50 Å². The third kappa shape index (κ3) is 3.86. The van der Waals surface area contributed by atoms with E-state index in [4.69, 9.17) is 5.73 Å². The monoisotopic (exact) mass is 444 g/mol. The highest BCUT2D eigenvalue weighted by atomic mass is 16.2. The first-order valence-corrected chi connectivity index (χ1v) is 11.4. The predicted octanol–water partition coefficient (Wildman–Crippen LogP) is 3.27. The zero-order chi connectivity index (χ0) is 23.1. The standard InChI is InChI=1S/C25H28N6O2/c1-15-19(16(2)31-25(28-15)20(13-27-31)24(26)33)9-10-23(32)30-11-5-7-18(14-30)22-12-17-6-3-4-8-21(17)29-22/h3-4,6,8,12-13,18,29H,5,7,9-11,14H2,1-2H3,(H2,26,33). The minimum Gasteiger partial charge on any atom is -0.365 e. The van der Waals surface area contributed by atoms with Gasteiger partial charge < -0.3 is 15.6 Å². The lowest BCUT2D eigenvalue weighted by Crippen LogP contribution is -2.39. The minimum atomic E-state index is -0.547. The summed E-state index contributed by atoms with van der Waals surface area (Å²) in [7, 11) is 0. The number of aryl methyl sites for hydroxylation is 2. The molecule has 2 amide bonds. The molecule has 0 bridgehead atoms. The lowest BCUT2D eigenvalue weighted by atomic mass is 9.94. The van der Waals surface area contributed by atoms with Crippen LogP contribution in [0.25, 0.3) is 16.6 Å². The molecular weight excluding hydrogens is 416 g/mol. The van der Waals surface area contributed by atoms with Gasteiger partial charge in [0.05, 0.1) is 6.20 Å². The quantitative estimate of drug-likeness (QED) is 0.492.